The molecule has 2 heterocycles. The Labute approximate surface area is 335 Å². The van der Waals surface area contributed by atoms with Gasteiger partial charge in [-0.25, -0.2) is 0 Å². The van der Waals surface area contributed by atoms with Crippen molar-refractivity contribution in [1.82, 2.24) is 9.97 Å². The van der Waals surface area contributed by atoms with E-state index in [-0.39, 0.29) is 19.6 Å². The molecule has 0 bridgehead atoms. The van der Waals surface area contributed by atoms with Crippen LogP contribution in [0.5, 0.6) is 5.75 Å². The third kappa shape index (κ3) is 15.5. The number of aryl methyl sites for hydroxylation is 1. The number of pyridine rings is 2. The van der Waals surface area contributed by atoms with E-state index in [1.807, 2.05) is 137 Å². The molecule has 9 nitrogen and oxygen atoms in total. The molecular weight excluding hydrogens is 752 g/mol. The van der Waals surface area contributed by atoms with E-state index in [4.69, 9.17) is 19.9 Å². The van der Waals surface area contributed by atoms with Crippen LogP contribution in [-0.4, -0.2) is 30.3 Å². The second-order valence-corrected chi connectivity index (χ2v) is 13.2. The number of nitrogen functional groups attached to an aromatic ring is 1. The molecule has 0 aliphatic heterocycles. The monoisotopic (exact) mass is 806 g/mol. The highest BCUT2D eigenvalue weighted by atomic mass is 79.9. The van der Waals surface area contributed by atoms with Crippen molar-refractivity contribution >= 4 is 55.7 Å². The number of ether oxygens (including phenoxy) is 3. The zero-order valence-corrected chi connectivity index (χ0v) is 33.4. The van der Waals surface area contributed by atoms with Crippen molar-refractivity contribution in [3.05, 3.63) is 155 Å². The maximum atomic E-state index is 5.70. The highest BCUT2D eigenvalue weighted by Crippen LogP contribution is 2.26. The first kappa shape index (κ1) is 44.0. The van der Waals surface area contributed by atoms with Crippen LogP contribution < -0.4 is 26.4 Å². The summed E-state index contributed by atoms with van der Waals surface area (Å²) in [6.07, 6.45) is 3.69. The van der Waals surface area contributed by atoms with Gasteiger partial charge in [-0.15, -0.1) is 0 Å². The summed E-state index contributed by atoms with van der Waals surface area (Å²) >= 11 is 3.33. The number of nitrogens with one attached hydrogen (secondary N) is 3. The largest absolute Gasteiger partial charge is 0.497 e. The van der Waals surface area contributed by atoms with Crippen molar-refractivity contribution in [2.45, 2.75) is 54.3 Å². The van der Waals surface area contributed by atoms with Gasteiger partial charge in [-0.05, 0) is 141 Å². The highest BCUT2D eigenvalue weighted by Gasteiger charge is 2.07. The SMILES string of the molecule is C.CCOC(C)c1ccc(Br)cn1.CCOC(C)c1ccc(Nc2cccc(Nc3cccc(OC)c3)c2)cn1.Cc1cccc(Nc2cccc(N)c2)c1. The number of rotatable bonds is 13. The Balaban J connectivity index is 0.000000244. The van der Waals surface area contributed by atoms with Crippen LogP contribution in [0.25, 0.3) is 0 Å². The smallest absolute Gasteiger partial charge is 0.120 e. The lowest BCUT2D eigenvalue weighted by molar-refractivity contribution is 0.0732. The van der Waals surface area contributed by atoms with Gasteiger partial charge in [-0.3, -0.25) is 9.97 Å². The average Bonchev–Trinajstić information content (AvgIpc) is 3.16. The fourth-order valence-corrected chi connectivity index (χ4v) is 5.47. The van der Waals surface area contributed by atoms with Crippen LogP contribution in [0, 0.1) is 6.92 Å². The molecule has 0 aliphatic rings. The van der Waals surface area contributed by atoms with Gasteiger partial charge >= 0.3 is 0 Å². The van der Waals surface area contributed by atoms with Crippen LogP contribution in [0.15, 0.2) is 138 Å². The van der Waals surface area contributed by atoms with Gasteiger partial charge in [0.15, 0.2) is 0 Å². The minimum atomic E-state index is -0.000517. The predicted molar refractivity (Wildman–Crippen MR) is 234 cm³/mol. The molecule has 0 amide bonds. The summed E-state index contributed by atoms with van der Waals surface area (Å²) < 4.78 is 17.2. The lowest BCUT2D eigenvalue weighted by Crippen LogP contribution is -2.02. The van der Waals surface area contributed by atoms with E-state index in [9.17, 15) is 0 Å². The Morgan fingerprint density at radius 2 is 1.09 bits per heavy atom. The van der Waals surface area contributed by atoms with Crippen LogP contribution >= 0.6 is 15.9 Å². The van der Waals surface area contributed by atoms with Crippen molar-refractivity contribution in [2.75, 3.05) is 42.0 Å². The van der Waals surface area contributed by atoms with E-state index < -0.39 is 0 Å². The Morgan fingerprint density at radius 1 is 0.600 bits per heavy atom. The lowest BCUT2D eigenvalue weighted by atomic mass is 10.2. The molecule has 0 saturated heterocycles. The summed E-state index contributed by atoms with van der Waals surface area (Å²) in [7, 11) is 1.66. The molecule has 5 N–H and O–H groups in total. The topological polar surface area (TPSA) is 116 Å². The molecule has 2 aromatic heterocycles. The number of anilines is 7. The van der Waals surface area contributed by atoms with Crippen LogP contribution in [0.2, 0.25) is 0 Å². The Kier molecular flexibility index (Phi) is 18.7. The number of methoxy groups -OCH3 is 1. The Hall–Kier alpha value is -5.42. The van der Waals surface area contributed by atoms with E-state index in [2.05, 4.69) is 67.0 Å². The molecule has 6 aromatic rings. The highest BCUT2D eigenvalue weighted by molar-refractivity contribution is 9.10. The predicted octanol–water partition coefficient (Wildman–Crippen LogP) is 12.6. The third-order valence-electron chi connectivity index (χ3n) is 7.91. The minimum Gasteiger partial charge on any atom is -0.497 e. The molecule has 0 aliphatic carbocycles. The quantitative estimate of drug-likeness (QED) is 0.0847. The standard InChI is InChI=1S/C22H25N3O2.C13H14N2.C9H12BrNO.CH4/c1-4-27-16(2)22-12-11-20(15-23-22)25-18-8-5-7-17(13-18)24-19-9-6-10-21(14-19)26-3;1-10-4-2-6-12(8-10)15-13-7-3-5-11(14)9-13;1-3-12-7(2)9-5-4-8(10)6-11-9;/h5-16,24-25H,4H2,1-3H3;2-9,15H,14H2,1H3;4-7H,3H2,1-2H3;1H4. The molecule has 0 fully saturated rings. The first-order chi connectivity index (χ1) is 26.1. The summed E-state index contributed by atoms with van der Waals surface area (Å²) in [4.78, 5) is 8.71. The first-order valence-corrected chi connectivity index (χ1v) is 18.7. The van der Waals surface area contributed by atoms with Crippen molar-refractivity contribution in [3.63, 3.8) is 0 Å². The van der Waals surface area contributed by atoms with Gasteiger partial charge in [-0.1, -0.05) is 37.8 Å². The molecule has 2 atom stereocenters. The molecule has 0 spiro atoms. The van der Waals surface area contributed by atoms with Crippen molar-refractivity contribution in [3.8, 4) is 5.75 Å². The van der Waals surface area contributed by atoms with Gasteiger partial charge in [-0.2, -0.15) is 0 Å². The number of halogens is 1. The summed E-state index contributed by atoms with van der Waals surface area (Å²) in [6.45, 7) is 11.4. The van der Waals surface area contributed by atoms with Gasteiger partial charge in [0, 0.05) is 64.1 Å². The first-order valence-electron chi connectivity index (χ1n) is 17.9. The van der Waals surface area contributed by atoms with Gasteiger partial charge in [0.05, 0.1) is 42.6 Å². The third-order valence-corrected chi connectivity index (χ3v) is 8.38. The number of hydrogen-bond acceptors (Lipinski definition) is 9. The molecule has 10 heteroatoms. The van der Waals surface area contributed by atoms with Gasteiger partial charge in [0.2, 0.25) is 0 Å². The fourth-order valence-electron chi connectivity index (χ4n) is 5.23. The Morgan fingerprint density at radius 3 is 1.60 bits per heavy atom. The van der Waals surface area contributed by atoms with Crippen LogP contribution in [0.3, 0.4) is 0 Å². The second kappa shape index (κ2) is 23.4. The van der Waals surface area contributed by atoms with Crippen LogP contribution in [0.1, 0.15) is 64.3 Å². The number of nitrogens with zero attached hydrogens (tertiary/aromatic N) is 2. The fraction of sp³-hybridized carbons (Fsp3) is 0.244. The average molecular weight is 808 g/mol. The molecule has 2 unspecified atom stereocenters. The molecule has 55 heavy (non-hydrogen) atoms. The van der Waals surface area contributed by atoms with Gasteiger partial charge in [0.25, 0.3) is 0 Å². The van der Waals surface area contributed by atoms with Crippen molar-refractivity contribution in [2.24, 2.45) is 0 Å². The second-order valence-electron chi connectivity index (χ2n) is 12.3. The van der Waals surface area contributed by atoms with Crippen molar-refractivity contribution in [1.29, 1.82) is 0 Å². The molecular formula is C45H55BrN6O3. The molecule has 0 radical (unpaired) electrons. The van der Waals surface area contributed by atoms with E-state index in [0.29, 0.717) is 6.61 Å². The maximum absolute atomic E-state index is 5.70. The van der Waals surface area contributed by atoms with E-state index in [0.717, 1.165) is 68.0 Å². The summed E-state index contributed by atoms with van der Waals surface area (Å²) in [5.74, 6) is 0.821. The Bertz CT molecular complexity index is 1950. The maximum Gasteiger partial charge on any atom is 0.120 e. The number of aromatic nitrogens is 2. The zero-order chi connectivity index (χ0) is 38.7. The number of benzene rings is 4. The molecule has 0 saturated carbocycles. The van der Waals surface area contributed by atoms with Gasteiger partial charge < -0.3 is 35.9 Å². The minimum absolute atomic E-state index is 0. The summed E-state index contributed by atoms with van der Waals surface area (Å²) in [5.41, 5.74) is 15.6. The zero-order valence-electron chi connectivity index (χ0n) is 31.8. The van der Waals surface area contributed by atoms with E-state index in [1.54, 1.807) is 13.3 Å². The molecule has 290 valence electrons. The lowest BCUT2D eigenvalue weighted by Gasteiger charge is -2.13. The number of nitrogens with two attached hydrogens (primary N) is 1. The van der Waals surface area contributed by atoms with E-state index in [1.165, 1.54) is 5.56 Å². The summed E-state index contributed by atoms with van der Waals surface area (Å²) in [5, 5.41) is 10.1. The summed E-state index contributed by atoms with van der Waals surface area (Å²) in [6, 6.07) is 39.9. The van der Waals surface area contributed by atoms with E-state index >= 15 is 0 Å². The van der Waals surface area contributed by atoms with Crippen molar-refractivity contribution < 1.29 is 14.2 Å². The number of hydrogen-bond donors (Lipinski definition) is 4. The molecule has 6 rings (SSSR count). The van der Waals surface area contributed by atoms with Gasteiger partial charge in [0.1, 0.15) is 5.75 Å². The molecule has 4 aromatic carbocycles. The van der Waals surface area contributed by atoms with Crippen LogP contribution in [-0.2, 0) is 9.47 Å². The van der Waals surface area contributed by atoms with Crippen LogP contribution in [0.4, 0.5) is 39.8 Å². The normalized spacial score (nSPS) is 11.3.